The third kappa shape index (κ3) is 3.02. The van der Waals surface area contributed by atoms with Crippen molar-refractivity contribution in [1.29, 1.82) is 0 Å². The normalized spacial score (nSPS) is 15.6. The van der Waals surface area contributed by atoms with Crippen molar-refractivity contribution in [2.45, 2.75) is 36.1 Å². The predicted molar refractivity (Wildman–Crippen MR) is 85.6 cm³/mol. The summed E-state index contributed by atoms with van der Waals surface area (Å²) < 4.78 is 7.13. The second-order valence-electron chi connectivity index (χ2n) is 5.53. The Hall–Kier alpha value is -1.82. The monoisotopic (exact) mass is 317 g/mol. The molecule has 0 unspecified atom stereocenters. The van der Waals surface area contributed by atoms with Gasteiger partial charge in [0.1, 0.15) is 11.6 Å². The zero-order valence-corrected chi connectivity index (χ0v) is 13.8. The minimum Gasteiger partial charge on any atom is -0.497 e. The fourth-order valence-corrected chi connectivity index (χ4v) is 3.23. The molecule has 116 valence electrons. The molecule has 5 nitrogen and oxygen atoms in total. The number of Topliss-reactive ketones (excluding diaryl/α,β-unsaturated/α-hetero) is 1. The van der Waals surface area contributed by atoms with Crippen molar-refractivity contribution in [2.75, 3.05) is 7.11 Å². The Balaban J connectivity index is 1.70. The van der Waals surface area contributed by atoms with E-state index in [-0.39, 0.29) is 11.0 Å². The molecule has 1 fully saturated rings. The maximum Gasteiger partial charge on any atom is 0.191 e. The van der Waals surface area contributed by atoms with Crippen LogP contribution in [0.3, 0.4) is 0 Å². The van der Waals surface area contributed by atoms with E-state index in [1.807, 2.05) is 18.5 Å². The Bertz CT molecular complexity index is 677. The van der Waals surface area contributed by atoms with Gasteiger partial charge in [-0.15, -0.1) is 10.2 Å². The van der Waals surface area contributed by atoms with Crippen molar-refractivity contribution in [1.82, 2.24) is 14.8 Å². The van der Waals surface area contributed by atoms with Crippen LogP contribution in [0.1, 0.15) is 41.9 Å². The van der Waals surface area contributed by atoms with Crippen LogP contribution in [0.25, 0.3) is 0 Å². The molecule has 1 saturated carbocycles. The number of hydrogen-bond acceptors (Lipinski definition) is 5. The van der Waals surface area contributed by atoms with Gasteiger partial charge in [-0.2, -0.15) is 0 Å². The fraction of sp³-hybridized carbons (Fsp3) is 0.438. The highest BCUT2D eigenvalue weighted by Gasteiger charge is 2.30. The molecule has 2 aromatic rings. The molecule has 1 aromatic carbocycles. The Labute approximate surface area is 134 Å². The van der Waals surface area contributed by atoms with Crippen LogP contribution < -0.4 is 4.74 Å². The van der Waals surface area contributed by atoms with E-state index in [1.165, 1.54) is 24.6 Å². The largest absolute Gasteiger partial charge is 0.497 e. The summed E-state index contributed by atoms with van der Waals surface area (Å²) in [5.74, 6) is 2.42. The summed E-state index contributed by atoms with van der Waals surface area (Å²) in [6, 6.07) is 7.20. The third-order valence-corrected chi connectivity index (χ3v) is 4.97. The quantitative estimate of drug-likeness (QED) is 0.605. The average Bonchev–Trinajstić information content (AvgIpc) is 3.32. The molecule has 1 aliphatic rings. The van der Waals surface area contributed by atoms with E-state index >= 15 is 0 Å². The topological polar surface area (TPSA) is 57.0 Å². The van der Waals surface area contributed by atoms with Crippen molar-refractivity contribution in [2.24, 2.45) is 7.05 Å². The van der Waals surface area contributed by atoms with E-state index in [0.29, 0.717) is 11.5 Å². The van der Waals surface area contributed by atoms with Gasteiger partial charge in [0.25, 0.3) is 0 Å². The van der Waals surface area contributed by atoms with Gasteiger partial charge in [0, 0.05) is 18.5 Å². The zero-order valence-electron chi connectivity index (χ0n) is 12.9. The molecule has 0 aliphatic heterocycles. The van der Waals surface area contributed by atoms with E-state index < -0.39 is 0 Å². The average molecular weight is 317 g/mol. The lowest BCUT2D eigenvalue weighted by molar-refractivity contribution is 0.0994. The van der Waals surface area contributed by atoms with E-state index in [9.17, 15) is 4.79 Å². The van der Waals surface area contributed by atoms with E-state index in [4.69, 9.17) is 4.74 Å². The summed E-state index contributed by atoms with van der Waals surface area (Å²) in [6.07, 6.45) is 2.38. The number of benzene rings is 1. The van der Waals surface area contributed by atoms with Crippen LogP contribution in [0.2, 0.25) is 0 Å². The molecule has 6 heteroatoms. The van der Waals surface area contributed by atoms with Crippen molar-refractivity contribution in [3.05, 3.63) is 35.7 Å². The summed E-state index contributed by atoms with van der Waals surface area (Å²) in [4.78, 5) is 12.5. The van der Waals surface area contributed by atoms with Gasteiger partial charge in [0.15, 0.2) is 10.9 Å². The fourth-order valence-electron chi connectivity index (χ4n) is 2.33. The number of rotatable bonds is 6. The molecule has 1 aliphatic carbocycles. The molecular weight excluding hydrogens is 298 g/mol. The van der Waals surface area contributed by atoms with Crippen LogP contribution >= 0.6 is 11.8 Å². The van der Waals surface area contributed by atoms with Gasteiger partial charge in [0.2, 0.25) is 0 Å². The third-order valence-electron chi connectivity index (χ3n) is 3.84. The number of carbonyl (C=O) groups is 1. The Kier molecular flexibility index (Phi) is 4.20. The number of thioether (sulfide) groups is 1. The van der Waals surface area contributed by atoms with E-state index in [2.05, 4.69) is 10.2 Å². The molecule has 0 amide bonds. The molecule has 1 atom stereocenters. The summed E-state index contributed by atoms with van der Waals surface area (Å²) in [6.45, 7) is 1.91. The number of aromatic nitrogens is 3. The van der Waals surface area contributed by atoms with Gasteiger partial charge in [0.05, 0.1) is 12.4 Å². The van der Waals surface area contributed by atoms with E-state index in [1.54, 1.807) is 31.4 Å². The van der Waals surface area contributed by atoms with Crippen LogP contribution in [0.15, 0.2) is 29.4 Å². The summed E-state index contributed by atoms with van der Waals surface area (Å²) in [7, 11) is 3.58. The van der Waals surface area contributed by atoms with Crippen LogP contribution in [0, 0.1) is 0 Å². The van der Waals surface area contributed by atoms with Gasteiger partial charge in [-0.05, 0) is 44.0 Å². The smallest absolute Gasteiger partial charge is 0.191 e. The Morgan fingerprint density at radius 1 is 1.32 bits per heavy atom. The van der Waals surface area contributed by atoms with Crippen LogP contribution in [0.4, 0.5) is 0 Å². The van der Waals surface area contributed by atoms with Crippen molar-refractivity contribution >= 4 is 17.5 Å². The predicted octanol–water partition coefficient (Wildman–Crippen LogP) is 3.06. The van der Waals surface area contributed by atoms with Crippen molar-refractivity contribution < 1.29 is 9.53 Å². The first-order valence-electron chi connectivity index (χ1n) is 7.34. The van der Waals surface area contributed by atoms with E-state index in [0.717, 1.165) is 16.7 Å². The molecule has 1 aromatic heterocycles. The van der Waals surface area contributed by atoms with Crippen LogP contribution in [-0.2, 0) is 7.05 Å². The second-order valence-corrected chi connectivity index (χ2v) is 6.83. The molecule has 0 bridgehead atoms. The van der Waals surface area contributed by atoms with Gasteiger partial charge >= 0.3 is 0 Å². The molecule has 1 heterocycles. The van der Waals surface area contributed by atoms with Crippen LogP contribution in [0.5, 0.6) is 5.75 Å². The molecule has 0 radical (unpaired) electrons. The number of carbonyl (C=O) groups excluding carboxylic acids is 1. The zero-order chi connectivity index (χ0) is 15.7. The van der Waals surface area contributed by atoms with Crippen molar-refractivity contribution in [3.63, 3.8) is 0 Å². The van der Waals surface area contributed by atoms with Gasteiger partial charge < -0.3 is 9.30 Å². The highest BCUT2D eigenvalue weighted by Crippen LogP contribution is 2.39. The maximum atomic E-state index is 12.5. The minimum absolute atomic E-state index is 0.0867. The lowest BCUT2D eigenvalue weighted by Crippen LogP contribution is -2.14. The maximum absolute atomic E-state index is 12.5. The lowest BCUT2D eigenvalue weighted by atomic mass is 10.1. The molecule has 3 rings (SSSR count). The Morgan fingerprint density at radius 3 is 2.59 bits per heavy atom. The van der Waals surface area contributed by atoms with Crippen LogP contribution in [-0.4, -0.2) is 32.9 Å². The highest BCUT2D eigenvalue weighted by molar-refractivity contribution is 8.00. The van der Waals surface area contributed by atoms with Crippen molar-refractivity contribution in [3.8, 4) is 5.75 Å². The summed E-state index contributed by atoms with van der Waals surface area (Å²) in [5.41, 5.74) is 0.686. The number of ketones is 1. The number of methoxy groups -OCH3 is 1. The Morgan fingerprint density at radius 2 is 2.00 bits per heavy atom. The first-order chi connectivity index (χ1) is 10.6. The first-order valence-corrected chi connectivity index (χ1v) is 8.22. The number of nitrogens with zero attached hydrogens (tertiary/aromatic N) is 3. The molecular formula is C16H19N3O2S. The standard InChI is InChI=1S/C16H19N3O2S/c1-10(14(20)11-6-8-13(21-3)9-7-11)22-16-18-17-15(19(16)2)12-4-5-12/h6-10,12H,4-5H2,1-3H3/t10-/m1/s1. The molecule has 0 spiro atoms. The van der Waals surface area contributed by atoms with Gasteiger partial charge in [-0.1, -0.05) is 11.8 Å². The van der Waals surface area contributed by atoms with Gasteiger partial charge in [-0.25, -0.2) is 0 Å². The SMILES string of the molecule is COc1ccc(C(=O)[C@@H](C)Sc2nnc(C3CC3)n2C)cc1. The highest BCUT2D eigenvalue weighted by atomic mass is 32.2. The summed E-state index contributed by atoms with van der Waals surface area (Å²) >= 11 is 1.46. The minimum atomic E-state index is -0.205. The first kappa shape index (κ1) is 15.1. The molecule has 0 saturated heterocycles. The number of hydrogen-bond donors (Lipinski definition) is 0. The molecule has 0 N–H and O–H groups in total. The molecule has 22 heavy (non-hydrogen) atoms. The van der Waals surface area contributed by atoms with Gasteiger partial charge in [-0.3, -0.25) is 4.79 Å². The second kappa shape index (κ2) is 6.12. The number of ether oxygens (including phenoxy) is 1. The lowest BCUT2D eigenvalue weighted by Gasteiger charge is -2.10. The summed E-state index contributed by atoms with van der Waals surface area (Å²) in [5, 5.41) is 9.07.